The van der Waals surface area contributed by atoms with E-state index >= 15 is 0 Å². The minimum Gasteiger partial charge on any atom is -0.465 e. The Morgan fingerprint density at radius 3 is 1.56 bits per heavy atom. The first-order valence-corrected chi connectivity index (χ1v) is 13.5. The number of carbonyl (C=O) groups excluding carboxylic acids is 2. The van der Waals surface area contributed by atoms with E-state index in [1.54, 1.807) is 0 Å². The fourth-order valence-electron chi connectivity index (χ4n) is 3.51. The summed E-state index contributed by atoms with van der Waals surface area (Å²) in [7, 11) is 0. The second kappa shape index (κ2) is 26.2. The fourth-order valence-corrected chi connectivity index (χ4v) is 3.51. The zero-order valence-electron chi connectivity index (χ0n) is 22.3. The van der Waals surface area contributed by atoms with Gasteiger partial charge in [0.15, 0.2) is 0 Å². The molecule has 0 radical (unpaired) electrons. The van der Waals surface area contributed by atoms with Gasteiger partial charge in [-0.05, 0) is 31.8 Å². The van der Waals surface area contributed by atoms with E-state index in [1.807, 2.05) is 25.7 Å². The number of unbranched alkanes of at least 4 members (excludes halogenated alkanes) is 11. The molecule has 0 saturated heterocycles. The van der Waals surface area contributed by atoms with E-state index in [0.29, 0.717) is 19.6 Å². The maximum atomic E-state index is 11.1. The predicted octanol–water partition coefficient (Wildman–Crippen LogP) is 6.87. The van der Waals surface area contributed by atoms with Gasteiger partial charge in [-0.1, -0.05) is 112 Å². The number of nitrogens with zero attached hydrogens (tertiary/aromatic N) is 1. The Morgan fingerprint density at radius 1 is 0.750 bits per heavy atom. The van der Waals surface area contributed by atoms with Gasteiger partial charge in [-0.15, -0.1) is 0 Å². The Balaban J connectivity index is 0. The molecule has 0 unspecified atom stereocenters. The van der Waals surface area contributed by atoms with Gasteiger partial charge in [0.25, 0.3) is 0 Å². The van der Waals surface area contributed by atoms with Crippen LogP contribution in [0.1, 0.15) is 131 Å². The number of amides is 1. The molecular formula is C27H56N2O3. The van der Waals surface area contributed by atoms with Crippen molar-refractivity contribution in [2.45, 2.75) is 131 Å². The molecule has 0 aliphatic carbocycles. The van der Waals surface area contributed by atoms with Crippen LogP contribution in [0.2, 0.25) is 0 Å². The van der Waals surface area contributed by atoms with Crippen LogP contribution in [-0.2, 0) is 14.3 Å². The molecule has 0 atom stereocenters. The highest BCUT2D eigenvalue weighted by Gasteiger charge is 2.07. The van der Waals surface area contributed by atoms with E-state index in [2.05, 4.69) is 13.8 Å². The third-order valence-corrected chi connectivity index (χ3v) is 5.67. The average molecular weight is 457 g/mol. The van der Waals surface area contributed by atoms with Gasteiger partial charge >= 0.3 is 5.97 Å². The summed E-state index contributed by atoms with van der Waals surface area (Å²) >= 11 is 0. The van der Waals surface area contributed by atoms with Crippen LogP contribution in [-0.4, -0.2) is 43.0 Å². The van der Waals surface area contributed by atoms with E-state index in [1.165, 1.54) is 77.0 Å². The van der Waals surface area contributed by atoms with Gasteiger partial charge in [-0.3, -0.25) is 14.5 Å². The lowest BCUT2D eigenvalue weighted by molar-refractivity contribution is -0.144. The summed E-state index contributed by atoms with van der Waals surface area (Å²) in [6.07, 6.45) is 18.9. The monoisotopic (exact) mass is 456 g/mol. The van der Waals surface area contributed by atoms with Crippen LogP contribution >= 0.6 is 0 Å². The van der Waals surface area contributed by atoms with Gasteiger partial charge in [-0.25, -0.2) is 0 Å². The van der Waals surface area contributed by atoms with Crippen molar-refractivity contribution in [2.24, 2.45) is 11.7 Å². The van der Waals surface area contributed by atoms with E-state index in [-0.39, 0.29) is 11.9 Å². The first-order chi connectivity index (χ1) is 15.4. The highest BCUT2D eigenvalue weighted by molar-refractivity contribution is 5.73. The molecule has 1 amide bonds. The molecule has 0 aromatic rings. The van der Waals surface area contributed by atoms with Crippen molar-refractivity contribution in [1.82, 2.24) is 4.90 Å². The second-order valence-corrected chi connectivity index (χ2v) is 9.32. The smallest absolute Gasteiger partial charge is 0.320 e. The molecule has 32 heavy (non-hydrogen) atoms. The van der Waals surface area contributed by atoms with Crippen molar-refractivity contribution in [3.05, 3.63) is 0 Å². The molecule has 0 saturated carbocycles. The number of nitrogens with two attached hydrogens (primary N) is 1. The largest absolute Gasteiger partial charge is 0.465 e. The number of likely N-dealkylation sites (N-methyl/N-ethyl adjacent to an activating group) is 1. The Morgan fingerprint density at radius 2 is 1.19 bits per heavy atom. The molecule has 0 spiro atoms. The number of hydrogen-bond donors (Lipinski definition) is 1. The van der Waals surface area contributed by atoms with Crippen molar-refractivity contribution < 1.29 is 14.3 Å². The van der Waals surface area contributed by atoms with Gasteiger partial charge in [0, 0.05) is 6.42 Å². The standard InChI is InChI=1S/C18H37NO.C9H19NO2/c1-17(2)15-13-11-9-7-5-3-4-6-8-10-12-14-16-18(19)20;1-4-7-12-9(11)8-10(5-2)6-3/h17H,3-16H2,1-2H3,(H2,19,20);4-8H2,1-3H3. The average Bonchev–Trinajstić information content (AvgIpc) is 2.76. The van der Waals surface area contributed by atoms with Crippen LogP contribution in [0.5, 0.6) is 0 Å². The number of hydrogen-bond acceptors (Lipinski definition) is 4. The normalized spacial score (nSPS) is 10.8. The first-order valence-electron chi connectivity index (χ1n) is 13.5. The third kappa shape index (κ3) is 28.9. The summed E-state index contributed by atoms with van der Waals surface area (Å²) in [4.78, 5) is 23.7. The molecule has 0 aromatic carbocycles. The fraction of sp³-hybridized carbons (Fsp3) is 0.926. The van der Waals surface area contributed by atoms with Gasteiger partial charge in [0.05, 0.1) is 13.2 Å². The zero-order chi connectivity index (χ0) is 24.5. The molecule has 0 rings (SSSR count). The van der Waals surface area contributed by atoms with Crippen molar-refractivity contribution in [2.75, 3.05) is 26.2 Å². The number of esters is 1. The molecule has 2 N–H and O–H groups in total. The van der Waals surface area contributed by atoms with Crippen molar-refractivity contribution in [3.63, 3.8) is 0 Å². The number of rotatable bonds is 21. The lowest BCUT2D eigenvalue weighted by Crippen LogP contribution is -2.30. The van der Waals surface area contributed by atoms with Crippen LogP contribution in [0, 0.1) is 5.92 Å². The van der Waals surface area contributed by atoms with Crippen LogP contribution in [0.4, 0.5) is 0 Å². The SMILES string of the molecule is CC(C)CCCCCCCCCCCCCCC(N)=O.CCCOC(=O)CN(CC)CC. The molecule has 192 valence electrons. The van der Waals surface area contributed by atoms with Crippen LogP contribution < -0.4 is 5.73 Å². The second-order valence-electron chi connectivity index (χ2n) is 9.32. The van der Waals surface area contributed by atoms with Gasteiger partial charge < -0.3 is 10.5 Å². The summed E-state index contributed by atoms with van der Waals surface area (Å²) in [5.41, 5.74) is 5.11. The molecule has 0 aromatic heterocycles. The molecule has 0 heterocycles. The number of ether oxygens (including phenoxy) is 1. The van der Waals surface area contributed by atoms with E-state index in [4.69, 9.17) is 10.5 Å². The van der Waals surface area contributed by atoms with Crippen LogP contribution in [0.15, 0.2) is 0 Å². The Labute approximate surface area is 200 Å². The highest BCUT2D eigenvalue weighted by Crippen LogP contribution is 2.14. The van der Waals surface area contributed by atoms with E-state index in [0.717, 1.165) is 31.8 Å². The van der Waals surface area contributed by atoms with Crippen molar-refractivity contribution >= 4 is 11.9 Å². The summed E-state index contributed by atoms with van der Waals surface area (Å²) in [6.45, 7) is 13.5. The summed E-state index contributed by atoms with van der Waals surface area (Å²) in [5, 5.41) is 0. The van der Waals surface area contributed by atoms with Gasteiger partial charge in [-0.2, -0.15) is 0 Å². The summed E-state index contributed by atoms with van der Waals surface area (Å²) < 4.78 is 4.94. The number of primary amides is 1. The highest BCUT2D eigenvalue weighted by atomic mass is 16.5. The van der Waals surface area contributed by atoms with Gasteiger partial charge in [0.1, 0.15) is 0 Å². The lowest BCUT2D eigenvalue weighted by Gasteiger charge is -2.16. The first kappa shape index (κ1) is 33.1. The molecular weight excluding hydrogens is 400 g/mol. The Kier molecular flexibility index (Phi) is 27.0. The van der Waals surface area contributed by atoms with Gasteiger partial charge in [0.2, 0.25) is 5.91 Å². The minimum absolute atomic E-state index is 0.111. The maximum absolute atomic E-state index is 11.1. The summed E-state index contributed by atoms with van der Waals surface area (Å²) in [5.74, 6) is 0.608. The quantitative estimate of drug-likeness (QED) is 0.151. The molecule has 0 aliphatic heterocycles. The zero-order valence-corrected chi connectivity index (χ0v) is 22.3. The summed E-state index contributed by atoms with van der Waals surface area (Å²) in [6, 6.07) is 0. The third-order valence-electron chi connectivity index (χ3n) is 5.67. The molecule has 0 bridgehead atoms. The Bertz CT molecular complexity index is 410. The molecule has 5 nitrogen and oxygen atoms in total. The molecule has 0 aliphatic rings. The van der Waals surface area contributed by atoms with E-state index in [9.17, 15) is 9.59 Å². The predicted molar refractivity (Wildman–Crippen MR) is 138 cm³/mol. The van der Waals surface area contributed by atoms with Crippen molar-refractivity contribution in [1.29, 1.82) is 0 Å². The Hall–Kier alpha value is -1.10. The topological polar surface area (TPSA) is 72.6 Å². The molecule has 0 fully saturated rings. The van der Waals surface area contributed by atoms with Crippen molar-refractivity contribution in [3.8, 4) is 0 Å². The molecule has 5 heteroatoms. The number of carbonyl (C=O) groups is 2. The lowest BCUT2D eigenvalue weighted by atomic mass is 10.0. The minimum atomic E-state index is -0.154. The maximum Gasteiger partial charge on any atom is 0.320 e. The van der Waals surface area contributed by atoms with Crippen LogP contribution in [0.25, 0.3) is 0 Å². The van der Waals surface area contributed by atoms with Crippen LogP contribution in [0.3, 0.4) is 0 Å². The van der Waals surface area contributed by atoms with E-state index < -0.39 is 0 Å².